The minimum absolute atomic E-state index is 0.577. The second-order valence-corrected chi connectivity index (χ2v) is 3.23. The van der Waals surface area contributed by atoms with Crippen LogP contribution in [0.1, 0.15) is 18.2 Å². The SMILES string of the molecule is Cc1cc2c(cn1)NC(C)C2. The van der Waals surface area contributed by atoms with Crippen LogP contribution in [-0.2, 0) is 6.42 Å². The Morgan fingerprint density at radius 2 is 2.45 bits per heavy atom. The van der Waals surface area contributed by atoms with Crippen LogP contribution in [0.4, 0.5) is 5.69 Å². The van der Waals surface area contributed by atoms with E-state index in [0.717, 1.165) is 12.1 Å². The molecule has 0 spiro atoms. The van der Waals surface area contributed by atoms with Crippen molar-refractivity contribution in [3.8, 4) is 0 Å². The van der Waals surface area contributed by atoms with Crippen LogP contribution in [0, 0.1) is 6.92 Å². The molecule has 1 aliphatic rings. The van der Waals surface area contributed by atoms with Gasteiger partial charge >= 0.3 is 0 Å². The highest BCUT2D eigenvalue weighted by molar-refractivity contribution is 5.55. The highest BCUT2D eigenvalue weighted by atomic mass is 15.0. The third-order valence-corrected chi connectivity index (χ3v) is 2.05. The number of aryl methyl sites for hydroxylation is 1. The summed E-state index contributed by atoms with van der Waals surface area (Å²) in [6, 6.07) is 2.74. The summed E-state index contributed by atoms with van der Waals surface area (Å²) in [5, 5.41) is 3.36. The van der Waals surface area contributed by atoms with Gasteiger partial charge in [0, 0.05) is 11.7 Å². The van der Waals surface area contributed by atoms with Crippen molar-refractivity contribution < 1.29 is 0 Å². The van der Waals surface area contributed by atoms with Gasteiger partial charge in [-0.2, -0.15) is 0 Å². The third kappa shape index (κ3) is 1.09. The first-order valence-electron chi connectivity index (χ1n) is 3.98. The predicted octanol–water partition coefficient (Wildman–Crippen LogP) is 1.75. The molecule has 0 aliphatic carbocycles. The van der Waals surface area contributed by atoms with E-state index in [1.54, 1.807) is 0 Å². The lowest BCUT2D eigenvalue weighted by Crippen LogP contribution is -2.08. The maximum absolute atomic E-state index is 4.22. The minimum atomic E-state index is 0.577. The fourth-order valence-corrected chi connectivity index (χ4v) is 1.56. The fourth-order valence-electron chi connectivity index (χ4n) is 1.56. The number of hydrogen-bond acceptors (Lipinski definition) is 2. The van der Waals surface area contributed by atoms with Gasteiger partial charge in [-0.25, -0.2) is 0 Å². The highest BCUT2D eigenvalue weighted by Gasteiger charge is 2.15. The van der Waals surface area contributed by atoms with Crippen LogP contribution < -0.4 is 5.32 Å². The lowest BCUT2D eigenvalue weighted by atomic mass is 10.1. The second kappa shape index (κ2) is 2.22. The molecule has 1 aliphatic heterocycles. The zero-order valence-electron chi connectivity index (χ0n) is 6.89. The van der Waals surface area contributed by atoms with Gasteiger partial charge in [0.05, 0.1) is 11.9 Å². The summed E-state index contributed by atoms with van der Waals surface area (Å²) in [7, 11) is 0. The van der Waals surface area contributed by atoms with Gasteiger partial charge in [0.1, 0.15) is 0 Å². The van der Waals surface area contributed by atoms with E-state index in [-0.39, 0.29) is 0 Å². The normalized spacial score (nSPS) is 21.1. The summed E-state index contributed by atoms with van der Waals surface area (Å²) in [6.07, 6.45) is 3.06. The molecule has 2 nitrogen and oxygen atoms in total. The molecule has 0 amide bonds. The molecule has 2 heteroatoms. The van der Waals surface area contributed by atoms with E-state index in [9.17, 15) is 0 Å². The van der Waals surface area contributed by atoms with Crippen molar-refractivity contribution >= 4 is 5.69 Å². The third-order valence-electron chi connectivity index (χ3n) is 2.05. The molecule has 0 saturated carbocycles. The first kappa shape index (κ1) is 6.65. The van der Waals surface area contributed by atoms with E-state index in [1.165, 1.54) is 11.3 Å². The summed E-state index contributed by atoms with van der Waals surface area (Å²) in [5.74, 6) is 0. The summed E-state index contributed by atoms with van der Waals surface area (Å²) in [6.45, 7) is 4.22. The van der Waals surface area contributed by atoms with Crippen molar-refractivity contribution in [1.82, 2.24) is 4.98 Å². The topological polar surface area (TPSA) is 24.9 Å². The molecule has 58 valence electrons. The lowest BCUT2D eigenvalue weighted by Gasteiger charge is -2.00. The predicted molar refractivity (Wildman–Crippen MR) is 45.8 cm³/mol. The van der Waals surface area contributed by atoms with Crippen molar-refractivity contribution in [3.05, 3.63) is 23.5 Å². The van der Waals surface area contributed by atoms with Crippen LogP contribution in [-0.4, -0.2) is 11.0 Å². The number of fused-ring (bicyclic) bond motifs is 1. The average Bonchev–Trinajstić information content (AvgIpc) is 2.27. The number of nitrogens with zero attached hydrogens (tertiary/aromatic N) is 1. The van der Waals surface area contributed by atoms with Crippen LogP contribution in [0.25, 0.3) is 0 Å². The molecule has 1 aromatic heterocycles. The van der Waals surface area contributed by atoms with Crippen molar-refractivity contribution in [1.29, 1.82) is 0 Å². The zero-order valence-corrected chi connectivity index (χ0v) is 6.89. The van der Waals surface area contributed by atoms with Crippen molar-refractivity contribution in [2.45, 2.75) is 26.3 Å². The Balaban J connectivity index is 2.43. The summed E-state index contributed by atoms with van der Waals surface area (Å²) in [5.41, 5.74) is 3.73. The molecule has 11 heavy (non-hydrogen) atoms. The number of rotatable bonds is 0. The van der Waals surface area contributed by atoms with Crippen LogP contribution >= 0.6 is 0 Å². The number of aromatic nitrogens is 1. The smallest absolute Gasteiger partial charge is 0.0562 e. The Morgan fingerprint density at radius 3 is 3.27 bits per heavy atom. The first-order chi connectivity index (χ1) is 5.25. The Labute approximate surface area is 66.7 Å². The standard InChI is InChI=1S/C9H12N2/c1-6-3-8-4-7(2)11-9(8)5-10-6/h3,5,7,11H,4H2,1-2H3. The minimum Gasteiger partial charge on any atom is -0.381 e. The maximum Gasteiger partial charge on any atom is 0.0562 e. The molecular formula is C9H12N2. The second-order valence-electron chi connectivity index (χ2n) is 3.23. The molecule has 1 aromatic rings. The van der Waals surface area contributed by atoms with Crippen molar-refractivity contribution in [2.75, 3.05) is 5.32 Å². The molecule has 0 aromatic carbocycles. The van der Waals surface area contributed by atoms with Gasteiger partial charge in [0.25, 0.3) is 0 Å². The highest BCUT2D eigenvalue weighted by Crippen LogP contribution is 2.24. The molecule has 1 atom stereocenters. The molecule has 1 unspecified atom stereocenters. The van der Waals surface area contributed by atoms with Crippen molar-refractivity contribution in [2.24, 2.45) is 0 Å². The van der Waals surface area contributed by atoms with Gasteiger partial charge in [-0.3, -0.25) is 4.98 Å². The zero-order chi connectivity index (χ0) is 7.84. The molecule has 2 heterocycles. The lowest BCUT2D eigenvalue weighted by molar-refractivity contribution is 0.839. The number of pyridine rings is 1. The molecule has 0 fully saturated rings. The van der Waals surface area contributed by atoms with Crippen LogP contribution in [0.3, 0.4) is 0 Å². The molecule has 2 rings (SSSR count). The molecule has 1 N–H and O–H groups in total. The van der Waals surface area contributed by atoms with Crippen LogP contribution in [0.15, 0.2) is 12.3 Å². The average molecular weight is 148 g/mol. The fraction of sp³-hybridized carbons (Fsp3) is 0.444. The Kier molecular flexibility index (Phi) is 1.34. The van der Waals surface area contributed by atoms with Crippen molar-refractivity contribution in [3.63, 3.8) is 0 Å². The van der Waals surface area contributed by atoms with E-state index >= 15 is 0 Å². The Hall–Kier alpha value is -1.05. The van der Waals surface area contributed by atoms with Gasteiger partial charge < -0.3 is 5.32 Å². The Bertz CT molecular complexity index is 281. The van der Waals surface area contributed by atoms with Gasteiger partial charge in [0.2, 0.25) is 0 Å². The van der Waals surface area contributed by atoms with Gasteiger partial charge in [-0.15, -0.1) is 0 Å². The number of nitrogens with one attached hydrogen (secondary N) is 1. The molecule has 0 saturated heterocycles. The largest absolute Gasteiger partial charge is 0.381 e. The summed E-state index contributed by atoms with van der Waals surface area (Å²) >= 11 is 0. The first-order valence-corrected chi connectivity index (χ1v) is 3.98. The monoisotopic (exact) mass is 148 g/mol. The van der Waals surface area contributed by atoms with Crippen LogP contribution in [0.5, 0.6) is 0 Å². The number of hydrogen-bond donors (Lipinski definition) is 1. The van der Waals surface area contributed by atoms with E-state index in [0.29, 0.717) is 6.04 Å². The molecule has 0 bridgehead atoms. The molecule has 0 radical (unpaired) electrons. The Morgan fingerprint density at radius 1 is 1.64 bits per heavy atom. The van der Waals surface area contributed by atoms with Crippen LogP contribution in [0.2, 0.25) is 0 Å². The maximum atomic E-state index is 4.22. The summed E-state index contributed by atoms with van der Waals surface area (Å²) in [4.78, 5) is 4.22. The number of anilines is 1. The van der Waals surface area contributed by atoms with E-state index in [2.05, 4.69) is 23.3 Å². The molecular weight excluding hydrogens is 136 g/mol. The quantitative estimate of drug-likeness (QED) is 0.606. The summed E-state index contributed by atoms with van der Waals surface area (Å²) < 4.78 is 0. The van der Waals surface area contributed by atoms with Gasteiger partial charge in [0.15, 0.2) is 0 Å². The van der Waals surface area contributed by atoms with E-state index < -0.39 is 0 Å². The van der Waals surface area contributed by atoms with Gasteiger partial charge in [-0.1, -0.05) is 0 Å². The van der Waals surface area contributed by atoms with E-state index in [4.69, 9.17) is 0 Å². The van der Waals surface area contributed by atoms with Gasteiger partial charge in [-0.05, 0) is 31.9 Å². The van der Waals surface area contributed by atoms with E-state index in [1.807, 2.05) is 13.1 Å².